The molecular weight excluding hydrogens is 438 g/mol. The Morgan fingerprint density at radius 3 is 2.34 bits per heavy atom. The monoisotopic (exact) mass is 459 g/mol. The first kappa shape index (κ1) is 23.1. The number of rotatable bonds is 8. The highest BCUT2D eigenvalue weighted by Gasteiger charge is 2.46. The molecule has 0 aliphatic carbocycles. The molecule has 0 saturated carbocycles. The number of ether oxygens (including phenoxy) is 2. The zero-order valence-electron chi connectivity index (χ0n) is 17.5. The average Bonchev–Trinajstić information content (AvgIpc) is 3.03. The fourth-order valence-electron chi connectivity index (χ4n) is 3.64. The van der Waals surface area contributed by atoms with Gasteiger partial charge >= 0.3 is 5.97 Å². The number of benzene rings is 2. The van der Waals surface area contributed by atoms with E-state index >= 15 is 0 Å². The summed E-state index contributed by atoms with van der Waals surface area (Å²) < 4.78 is 10.7. The number of carbonyl (C=O) groups is 3. The predicted octanol–water partition coefficient (Wildman–Crippen LogP) is 3.64. The van der Waals surface area contributed by atoms with E-state index in [4.69, 9.17) is 26.2 Å². The minimum absolute atomic E-state index is 0.00806. The van der Waals surface area contributed by atoms with Crippen LogP contribution in [-0.4, -0.2) is 53.5 Å². The summed E-state index contributed by atoms with van der Waals surface area (Å²) in [4.78, 5) is 38.1. The van der Waals surface area contributed by atoms with E-state index in [1.165, 1.54) is 31.3 Å². The number of amides is 1. The molecule has 3 rings (SSSR count). The van der Waals surface area contributed by atoms with Crippen LogP contribution in [0.4, 0.5) is 0 Å². The van der Waals surface area contributed by atoms with Crippen molar-refractivity contribution in [2.45, 2.75) is 18.9 Å². The second kappa shape index (κ2) is 9.74. The van der Waals surface area contributed by atoms with Crippen LogP contribution in [0.5, 0.6) is 11.5 Å². The molecule has 0 aromatic heterocycles. The molecule has 1 aliphatic rings. The van der Waals surface area contributed by atoms with Gasteiger partial charge in [0.25, 0.3) is 11.7 Å². The van der Waals surface area contributed by atoms with Gasteiger partial charge in [-0.15, -0.1) is 0 Å². The Hall–Kier alpha value is -3.52. The van der Waals surface area contributed by atoms with Gasteiger partial charge in [-0.05, 0) is 42.8 Å². The summed E-state index contributed by atoms with van der Waals surface area (Å²) in [7, 11) is 2.93. The molecule has 0 spiro atoms. The molecule has 0 unspecified atom stereocenters. The number of halogens is 1. The van der Waals surface area contributed by atoms with Crippen molar-refractivity contribution < 1.29 is 34.1 Å². The van der Waals surface area contributed by atoms with Gasteiger partial charge in [-0.1, -0.05) is 11.6 Å². The van der Waals surface area contributed by atoms with E-state index in [0.717, 1.165) is 0 Å². The lowest BCUT2D eigenvalue weighted by atomic mass is 9.94. The topological polar surface area (TPSA) is 113 Å². The molecule has 0 radical (unpaired) electrons. The maximum Gasteiger partial charge on any atom is 0.303 e. The van der Waals surface area contributed by atoms with E-state index in [0.29, 0.717) is 27.6 Å². The molecule has 1 aliphatic heterocycles. The second-order valence-electron chi connectivity index (χ2n) is 7.10. The summed E-state index contributed by atoms with van der Waals surface area (Å²) in [6.07, 6.45) is -0.0367. The molecule has 168 valence electrons. The van der Waals surface area contributed by atoms with Gasteiger partial charge in [0.2, 0.25) is 0 Å². The van der Waals surface area contributed by atoms with Crippen LogP contribution in [0.2, 0.25) is 5.02 Å². The number of Topliss-reactive ketones (excluding diaryl/α,β-unsaturated/α-hetero) is 1. The fourth-order valence-corrected chi connectivity index (χ4v) is 3.77. The van der Waals surface area contributed by atoms with Crippen molar-refractivity contribution in [3.05, 3.63) is 64.2 Å². The Balaban J connectivity index is 2.17. The summed E-state index contributed by atoms with van der Waals surface area (Å²) >= 11 is 5.92. The van der Waals surface area contributed by atoms with Gasteiger partial charge in [-0.3, -0.25) is 14.4 Å². The van der Waals surface area contributed by atoms with Crippen LogP contribution >= 0.6 is 11.6 Å². The number of ketones is 1. The minimum atomic E-state index is -1.01. The highest BCUT2D eigenvalue weighted by Crippen LogP contribution is 2.43. The zero-order chi connectivity index (χ0) is 23.4. The van der Waals surface area contributed by atoms with Crippen LogP contribution < -0.4 is 9.47 Å². The normalized spacial score (nSPS) is 17.5. The summed E-state index contributed by atoms with van der Waals surface area (Å²) in [5.41, 5.74) is 0.657. The average molecular weight is 460 g/mol. The molecule has 2 aromatic carbocycles. The number of likely N-dealkylation sites (tertiary alicyclic amines) is 1. The Morgan fingerprint density at radius 1 is 1.06 bits per heavy atom. The Kier molecular flexibility index (Phi) is 7.05. The van der Waals surface area contributed by atoms with Crippen molar-refractivity contribution in [2.75, 3.05) is 20.8 Å². The van der Waals surface area contributed by atoms with Gasteiger partial charge in [0.15, 0.2) is 0 Å². The van der Waals surface area contributed by atoms with Gasteiger partial charge < -0.3 is 24.6 Å². The lowest BCUT2D eigenvalue weighted by Gasteiger charge is -2.26. The first-order chi connectivity index (χ1) is 15.3. The Labute approximate surface area is 189 Å². The smallest absolute Gasteiger partial charge is 0.303 e. The third kappa shape index (κ3) is 4.55. The number of aliphatic hydroxyl groups excluding tert-OH is 1. The van der Waals surface area contributed by atoms with E-state index in [1.54, 1.807) is 30.3 Å². The van der Waals surface area contributed by atoms with E-state index in [2.05, 4.69) is 0 Å². The number of aliphatic carboxylic acids is 1. The molecule has 1 atom stereocenters. The van der Waals surface area contributed by atoms with Crippen LogP contribution in [0.15, 0.2) is 48.0 Å². The molecule has 1 saturated heterocycles. The number of hydrogen-bond donors (Lipinski definition) is 2. The van der Waals surface area contributed by atoms with E-state index in [9.17, 15) is 19.5 Å². The largest absolute Gasteiger partial charge is 0.507 e. The number of aliphatic hydroxyl groups is 1. The number of carboxylic acids is 1. The number of hydrogen-bond acceptors (Lipinski definition) is 6. The summed E-state index contributed by atoms with van der Waals surface area (Å²) in [5.74, 6) is -2.21. The predicted molar refractivity (Wildman–Crippen MR) is 117 cm³/mol. The van der Waals surface area contributed by atoms with E-state index in [-0.39, 0.29) is 30.7 Å². The standard InChI is InChI=1S/C23H22ClNO7/c1-31-15-9-10-16(17(12-15)32-2)20-19(21(28)13-5-7-14(24)8-6-13)22(29)23(30)25(20)11-3-4-18(26)27/h5-10,12,20,28H,3-4,11H2,1-2H3,(H,26,27)/t20-/m1/s1. The lowest BCUT2D eigenvalue weighted by Crippen LogP contribution is -2.31. The molecule has 9 heteroatoms. The van der Waals surface area contributed by atoms with Gasteiger partial charge in [0, 0.05) is 35.2 Å². The molecule has 2 N–H and O–H groups in total. The third-order valence-electron chi connectivity index (χ3n) is 5.18. The van der Waals surface area contributed by atoms with Crippen LogP contribution in [0, 0.1) is 0 Å². The van der Waals surface area contributed by atoms with Crippen molar-refractivity contribution in [3.63, 3.8) is 0 Å². The van der Waals surface area contributed by atoms with Crippen molar-refractivity contribution in [1.82, 2.24) is 4.90 Å². The van der Waals surface area contributed by atoms with Crippen molar-refractivity contribution in [2.24, 2.45) is 0 Å². The number of nitrogens with zero attached hydrogens (tertiary/aromatic N) is 1. The molecule has 1 heterocycles. The maximum absolute atomic E-state index is 13.0. The van der Waals surface area contributed by atoms with Crippen LogP contribution in [-0.2, 0) is 14.4 Å². The highest BCUT2D eigenvalue weighted by molar-refractivity contribution is 6.46. The van der Waals surface area contributed by atoms with Crippen LogP contribution in [0.1, 0.15) is 30.0 Å². The summed E-state index contributed by atoms with van der Waals surface area (Å²) in [5, 5.41) is 20.4. The molecule has 2 aromatic rings. The SMILES string of the molecule is COc1ccc([C@@H]2C(=C(O)c3ccc(Cl)cc3)C(=O)C(=O)N2CCCC(=O)O)c(OC)c1. The fraction of sp³-hybridized carbons (Fsp3) is 0.261. The molecule has 8 nitrogen and oxygen atoms in total. The number of methoxy groups -OCH3 is 2. The third-order valence-corrected chi connectivity index (χ3v) is 5.43. The second-order valence-corrected chi connectivity index (χ2v) is 7.54. The first-order valence-corrected chi connectivity index (χ1v) is 10.1. The summed E-state index contributed by atoms with van der Waals surface area (Å²) in [6.45, 7) is 0.00806. The van der Waals surface area contributed by atoms with E-state index < -0.39 is 23.7 Å². The van der Waals surface area contributed by atoms with Crippen LogP contribution in [0.25, 0.3) is 5.76 Å². The lowest BCUT2D eigenvalue weighted by molar-refractivity contribution is -0.140. The van der Waals surface area contributed by atoms with Crippen molar-refractivity contribution >= 4 is 35.0 Å². The van der Waals surface area contributed by atoms with Crippen LogP contribution in [0.3, 0.4) is 0 Å². The van der Waals surface area contributed by atoms with Gasteiger partial charge in [-0.25, -0.2) is 0 Å². The van der Waals surface area contributed by atoms with Crippen molar-refractivity contribution in [3.8, 4) is 11.5 Å². The highest BCUT2D eigenvalue weighted by atomic mass is 35.5. The van der Waals surface area contributed by atoms with E-state index in [1.807, 2.05) is 0 Å². The molecular formula is C23H22ClNO7. The van der Waals surface area contributed by atoms with Gasteiger partial charge in [-0.2, -0.15) is 0 Å². The first-order valence-electron chi connectivity index (χ1n) is 9.76. The number of carboxylic acid groups (broad SMARTS) is 1. The molecule has 1 fully saturated rings. The minimum Gasteiger partial charge on any atom is -0.507 e. The maximum atomic E-state index is 13.0. The molecule has 0 bridgehead atoms. The number of carbonyl (C=O) groups excluding carboxylic acids is 2. The quantitative estimate of drug-likeness (QED) is 0.352. The molecule has 32 heavy (non-hydrogen) atoms. The van der Waals surface area contributed by atoms with Gasteiger partial charge in [0.05, 0.1) is 25.8 Å². The Morgan fingerprint density at radius 2 is 1.75 bits per heavy atom. The van der Waals surface area contributed by atoms with Crippen molar-refractivity contribution in [1.29, 1.82) is 0 Å². The molecule has 1 amide bonds. The zero-order valence-corrected chi connectivity index (χ0v) is 18.3. The van der Waals surface area contributed by atoms with Gasteiger partial charge in [0.1, 0.15) is 17.3 Å². The summed E-state index contributed by atoms with van der Waals surface area (Å²) in [6, 6.07) is 10.1. The Bertz CT molecular complexity index is 1080.